The summed E-state index contributed by atoms with van der Waals surface area (Å²) in [6.07, 6.45) is -8.99. The number of carbonyl (C=O) groups is 1. The fourth-order valence-corrected chi connectivity index (χ4v) is 6.63. The molecule has 0 aromatic heterocycles. The first-order valence-corrected chi connectivity index (χ1v) is 12.2. The number of nitrogens with one attached hydrogen (secondary N) is 1. The Bertz CT molecular complexity index is 982. The van der Waals surface area contributed by atoms with Gasteiger partial charge in [-0.1, -0.05) is 17.7 Å². The van der Waals surface area contributed by atoms with E-state index in [4.69, 9.17) is 16.3 Å². The van der Waals surface area contributed by atoms with Gasteiger partial charge < -0.3 is 20.1 Å². The second-order valence-corrected chi connectivity index (χ2v) is 10.7. The lowest BCUT2D eigenvalue weighted by Crippen LogP contribution is -2.53. The lowest BCUT2D eigenvalue weighted by molar-refractivity contribution is -0.293. The van der Waals surface area contributed by atoms with Gasteiger partial charge >= 0.3 is 18.3 Å². The number of fused-ring (bicyclic) bond motifs is 3. The number of ether oxygens (including phenoxy) is 1. The van der Waals surface area contributed by atoms with Gasteiger partial charge in [-0.3, -0.25) is 9.69 Å². The number of likely N-dealkylation sites (tertiary alicyclic amines) is 1. The minimum Gasteiger partial charge on any atom is -0.480 e. The number of alkyl halides is 6. The molecule has 5 rings (SSSR count). The van der Waals surface area contributed by atoms with Crippen LogP contribution in [0, 0.1) is 17.8 Å². The quantitative estimate of drug-likeness (QED) is 0.551. The number of aliphatic carboxylic acids is 1. The summed E-state index contributed by atoms with van der Waals surface area (Å²) >= 11 is 6.25. The highest BCUT2D eigenvalue weighted by atomic mass is 35.5. The van der Waals surface area contributed by atoms with Crippen LogP contribution in [0.5, 0.6) is 0 Å². The average molecular weight is 542 g/mol. The van der Waals surface area contributed by atoms with E-state index in [1.165, 1.54) is 0 Å². The van der Waals surface area contributed by atoms with Crippen LogP contribution in [-0.2, 0) is 16.1 Å². The monoisotopic (exact) mass is 541 g/mol. The van der Waals surface area contributed by atoms with Crippen LogP contribution in [0.25, 0.3) is 0 Å². The van der Waals surface area contributed by atoms with Crippen molar-refractivity contribution < 1.29 is 41.0 Å². The van der Waals surface area contributed by atoms with Crippen molar-refractivity contribution in [1.29, 1.82) is 0 Å². The zero-order chi connectivity index (χ0) is 26.0. The van der Waals surface area contributed by atoms with E-state index in [9.17, 15) is 36.2 Å². The SMILES string of the molecule is O=C(O)C1NC(C(C(F)(F)F)C(F)(F)F)C2CN(Cc3ccc(Cl)cc3N3CC4CCC(C3)O4)CC12. The van der Waals surface area contributed by atoms with Crippen molar-refractivity contribution in [2.45, 2.75) is 56.0 Å². The van der Waals surface area contributed by atoms with Gasteiger partial charge in [-0.2, -0.15) is 26.3 Å². The van der Waals surface area contributed by atoms with E-state index < -0.39 is 48.2 Å². The molecule has 6 atom stereocenters. The van der Waals surface area contributed by atoms with Gasteiger partial charge in [0.15, 0.2) is 5.92 Å². The molecule has 1 aromatic rings. The van der Waals surface area contributed by atoms with E-state index in [1.807, 2.05) is 12.1 Å². The Kier molecular flexibility index (Phi) is 6.62. The van der Waals surface area contributed by atoms with Crippen LogP contribution in [0.15, 0.2) is 18.2 Å². The van der Waals surface area contributed by atoms with Crippen LogP contribution in [0.4, 0.5) is 32.0 Å². The number of carboxylic acids is 1. The molecule has 6 unspecified atom stereocenters. The van der Waals surface area contributed by atoms with Crippen molar-refractivity contribution in [3.05, 3.63) is 28.8 Å². The van der Waals surface area contributed by atoms with Crippen LogP contribution >= 0.6 is 11.6 Å². The maximum Gasteiger partial charge on any atom is 0.402 e. The number of benzene rings is 1. The Morgan fingerprint density at radius 1 is 1.06 bits per heavy atom. The third kappa shape index (κ3) is 4.89. The molecule has 0 amide bonds. The van der Waals surface area contributed by atoms with Gasteiger partial charge in [0.25, 0.3) is 0 Å². The largest absolute Gasteiger partial charge is 0.480 e. The van der Waals surface area contributed by atoms with Crippen molar-refractivity contribution in [2.24, 2.45) is 17.8 Å². The molecule has 13 heteroatoms. The zero-order valence-corrected chi connectivity index (χ0v) is 19.8. The molecule has 4 aliphatic rings. The summed E-state index contributed by atoms with van der Waals surface area (Å²) in [6.45, 7) is 1.59. The summed E-state index contributed by atoms with van der Waals surface area (Å²) in [4.78, 5) is 15.7. The third-order valence-corrected chi connectivity index (χ3v) is 8.14. The smallest absolute Gasteiger partial charge is 0.402 e. The predicted molar refractivity (Wildman–Crippen MR) is 118 cm³/mol. The number of morpholine rings is 1. The molecule has 2 bridgehead atoms. The van der Waals surface area contributed by atoms with Gasteiger partial charge in [0.05, 0.1) is 12.2 Å². The Balaban J connectivity index is 1.39. The minimum absolute atomic E-state index is 0.0734. The van der Waals surface area contributed by atoms with Crippen molar-refractivity contribution in [3.63, 3.8) is 0 Å². The summed E-state index contributed by atoms with van der Waals surface area (Å²) in [5, 5.41) is 12.2. The molecule has 0 saturated carbocycles. The Morgan fingerprint density at radius 2 is 1.67 bits per heavy atom. The van der Waals surface area contributed by atoms with Gasteiger partial charge in [-0.25, -0.2) is 0 Å². The van der Waals surface area contributed by atoms with E-state index in [0.717, 1.165) is 24.1 Å². The number of anilines is 1. The normalized spacial score (nSPS) is 32.9. The summed E-state index contributed by atoms with van der Waals surface area (Å²) < 4.78 is 87.0. The third-order valence-electron chi connectivity index (χ3n) is 7.91. The first-order valence-electron chi connectivity index (χ1n) is 11.8. The summed E-state index contributed by atoms with van der Waals surface area (Å²) in [7, 11) is 0. The lowest BCUT2D eigenvalue weighted by Gasteiger charge is -2.36. The van der Waals surface area contributed by atoms with Crippen molar-refractivity contribution in [1.82, 2.24) is 10.2 Å². The molecule has 1 aromatic carbocycles. The minimum atomic E-state index is -5.56. The predicted octanol–water partition coefficient (Wildman–Crippen LogP) is 3.92. The summed E-state index contributed by atoms with van der Waals surface area (Å²) in [5.74, 6) is -7.09. The molecule has 4 heterocycles. The molecule has 0 spiro atoms. The van der Waals surface area contributed by atoms with Crippen molar-refractivity contribution in [2.75, 3.05) is 31.1 Å². The molecule has 6 nitrogen and oxygen atoms in total. The topological polar surface area (TPSA) is 65.0 Å². The highest BCUT2D eigenvalue weighted by Crippen LogP contribution is 2.49. The van der Waals surface area contributed by atoms with E-state index >= 15 is 0 Å². The van der Waals surface area contributed by atoms with Crippen LogP contribution in [-0.4, -0.2) is 78.8 Å². The van der Waals surface area contributed by atoms with Crippen LogP contribution in [0.1, 0.15) is 18.4 Å². The van der Waals surface area contributed by atoms with Crippen LogP contribution in [0.3, 0.4) is 0 Å². The molecule has 2 N–H and O–H groups in total. The zero-order valence-electron chi connectivity index (χ0n) is 19.0. The molecule has 0 radical (unpaired) electrons. The second kappa shape index (κ2) is 9.21. The van der Waals surface area contributed by atoms with E-state index in [2.05, 4.69) is 10.2 Å². The Labute approximate surface area is 208 Å². The van der Waals surface area contributed by atoms with Gasteiger partial charge in [0, 0.05) is 55.4 Å². The molecule has 4 fully saturated rings. The molecular formula is C23H26ClF6N3O3. The number of carboxylic acid groups (broad SMARTS) is 1. The first-order chi connectivity index (χ1) is 16.8. The molecule has 0 aliphatic carbocycles. The fraction of sp³-hybridized carbons (Fsp3) is 0.696. The Morgan fingerprint density at radius 3 is 2.25 bits per heavy atom. The molecule has 36 heavy (non-hydrogen) atoms. The van der Waals surface area contributed by atoms with Crippen LogP contribution in [0.2, 0.25) is 5.02 Å². The van der Waals surface area contributed by atoms with E-state index in [0.29, 0.717) is 18.1 Å². The number of halogens is 7. The first kappa shape index (κ1) is 25.9. The number of hydrogen-bond acceptors (Lipinski definition) is 5. The maximum absolute atomic E-state index is 13.5. The van der Waals surface area contributed by atoms with E-state index in [1.54, 1.807) is 11.0 Å². The number of hydrogen-bond donors (Lipinski definition) is 2. The molecule has 200 valence electrons. The summed E-state index contributed by atoms with van der Waals surface area (Å²) in [6, 6.07) is 1.76. The highest BCUT2D eigenvalue weighted by Gasteiger charge is 2.66. The average Bonchev–Trinajstić information content (AvgIpc) is 3.41. The van der Waals surface area contributed by atoms with E-state index in [-0.39, 0.29) is 31.8 Å². The van der Waals surface area contributed by atoms with Crippen molar-refractivity contribution >= 4 is 23.3 Å². The van der Waals surface area contributed by atoms with Gasteiger partial charge in [-0.15, -0.1) is 0 Å². The van der Waals surface area contributed by atoms with Gasteiger partial charge in [0.1, 0.15) is 6.04 Å². The highest BCUT2D eigenvalue weighted by molar-refractivity contribution is 6.30. The number of rotatable bonds is 5. The molecular weight excluding hydrogens is 516 g/mol. The van der Waals surface area contributed by atoms with Gasteiger partial charge in [0.2, 0.25) is 0 Å². The fourth-order valence-electron chi connectivity index (χ4n) is 6.47. The second-order valence-electron chi connectivity index (χ2n) is 10.2. The molecule has 4 aliphatic heterocycles. The number of nitrogens with zero attached hydrogens (tertiary/aromatic N) is 2. The molecule has 4 saturated heterocycles. The maximum atomic E-state index is 13.5. The van der Waals surface area contributed by atoms with Crippen molar-refractivity contribution in [3.8, 4) is 0 Å². The Hall–Kier alpha value is -1.76. The standard InChI is InChI=1S/C23H26ClF6N3O3/c24-12-2-1-11(17(5-12)33-7-13-3-4-14(8-33)36-13)6-32-9-15-16(10-32)19(21(34)35)31-18(15)20(22(25,26)27)23(28,29)30/h1-2,5,13-16,18-20,31H,3-4,6-10H2,(H,34,35). The summed E-state index contributed by atoms with van der Waals surface area (Å²) in [5.41, 5.74) is 1.69. The van der Waals surface area contributed by atoms with Crippen LogP contribution < -0.4 is 10.2 Å². The van der Waals surface area contributed by atoms with Gasteiger partial charge in [-0.05, 0) is 36.5 Å². The lowest BCUT2D eigenvalue weighted by atomic mass is 9.84.